The van der Waals surface area contributed by atoms with E-state index in [0.717, 1.165) is 44.0 Å². The first-order valence-corrected chi connectivity index (χ1v) is 8.45. The van der Waals surface area contributed by atoms with Crippen molar-refractivity contribution in [3.63, 3.8) is 0 Å². The summed E-state index contributed by atoms with van der Waals surface area (Å²) in [5, 5.41) is 10.2. The van der Waals surface area contributed by atoms with Crippen molar-refractivity contribution >= 4 is 17.6 Å². The normalized spacial score (nSPS) is 18.9. The molecule has 2 atom stereocenters. The summed E-state index contributed by atoms with van der Waals surface area (Å²) in [5.74, 6) is 1.75. The smallest absolute Gasteiger partial charge is 0.223 e. The van der Waals surface area contributed by atoms with Crippen LogP contribution in [0.2, 0.25) is 0 Å². The van der Waals surface area contributed by atoms with Crippen molar-refractivity contribution in [2.45, 2.75) is 39.2 Å². The molecular weight excluding hydrogens is 292 g/mol. The number of aliphatic hydroxyl groups is 1. The first-order chi connectivity index (χ1) is 10.9. The molecule has 7 nitrogen and oxygen atoms in total. The highest BCUT2D eigenvalue weighted by Crippen LogP contribution is 2.27. The van der Waals surface area contributed by atoms with Crippen LogP contribution in [0, 0.1) is 5.92 Å². The van der Waals surface area contributed by atoms with E-state index in [1.807, 2.05) is 0 Å². The molecule has 2 unspecified atom stereocenters. The lowest BCUT2D eigenvalue weighted by atomic mass is 9.96. The van der Waals surface area contributed by atoms with E-state index >= 15 is 0 Å². The molecule has 23 heavy (non-hydrogen) atoms. The zero-order valence-corrected chi connectivity index (χ0v) is 14.5. The van der Waals surface area contributed by atoms with E-state index in [1.54, 1.807) is 0 Å². The highest BCUT2D eigenvalue weighted by Gasteiger charge is 2.22. The maximum Gasteiger partial charge on any atom is 0.223 e. The monoisotopic (exact) mass is 322 g/mol. The minimum absolute atomic E-state index is 0.211. The van der Waals surface area contributed by atoms with Gasteiger partial charge in [0.25, 0.3) is 0 Å². The number of hydrogen-bond donors (Lipinski definition) is 3. The third kappa shape index (κ3) is 4.45. The molecule has 0 amide bonds. The Kier molecular flexibility index (Phi) is 6.01. The van der Waals surface area contributed by atoms with Gasteiger partial charge < -0.3 is 26.4 Å². The third-order valence-corrected chi connectivity index (χ3v) is 4.83. The zero-order chi connectivity index (χ0) is 17.0. The van der Waals surface area contributed by atoms with Crippen LogP contribution < -0.4 is 16.4 Å². The fraction of sp³-hybridized carbons (Fsp3) is 0.750. The Morgan fingerprint density at radius 2 is 1.83 bits per heavy atom. The van der Waals surface area contributed by atoms with Crippen molar-refractivity contribution in [3.8, 4) is 0 Å². The Balaban J connectivity index is 2.17. The van der Waals surface area contributed by atoms with Gasteiger partial charge in [-0.2, -0.15) is 9.97 Å². The van der Waals surface area contributed by atoms with Crippen molar-refractivity contribution in [2.75, 3.05) is 49.6 Å². The second-order valence-electron chi connectivity index (χ2n) is 6.55. The summed E-state index contributed by atoms with van der Waals surface area (Å²) < 4.78 is 0. The van der Waals surface area contributed by atoms with Gasteiger partial charge in [-0.25, -0.2) is 0 Å². The largest absolute Gasteiger partial charge is 0.393 e. The van der Waals surface area contributed by atoms with E-state index < -0.39 is 0 Å². The first-order valence-electron chi connectivity index (χ1n) is 8.45. The topological polar surface area (TPSA) is 105 Å². The quantitative estimate of drug-likeness (QED) is 0.709. The van der Waals surface area contributed by atoms with Gasteiger partial charge in [-0.3, -0.25) is 0 Å². The van der Waals surface area contributed by atoms with Crippen molar-refractivity contribution in [1.82, 2.24) is 14.9 Å². The van der Waals surface area contributed by atoms with Crippen LogP contribution in [0.3, 0.4) is 0 Å². The number of rotatable bonds is 6. The van der Waals surface area contributed by atoms with Crippen LogP contribution in [0.25, 0.3) is 0 Å². The van der Waals surface area contributed by atoms with Crippen LogP contribution in [0.5, 0.6) is 0 Å². The maximum atomic E-state index is 10.2. The van der Waals surface area contributed by atoms with Gasteiger partial charge in [0.15, 0.2) is 0 Å². The molecule has 1 saturated heterocycles. The van der Waals surface area contributed by atoms with Crippen LogP contribution in [0.4, 0.5) is 17.6 Å². The number of likely N-dealkylation sites (N-methyl/N-ethyl adjacent to an activating group) is 1. The maximum absolute atomic E-state index is 10.2. The lowest BCUT2D eigenvalue weighted by Crippen LogP contribution is -2.45. The highest BCUT2D eigenvalue weighted by molar-refractivity contribution is 5.60. The summed E-state index contributed by atoms with van der Waals surface area (Å²) in [6.07, 6.45) is 1.95. The first kappa shape index (κ1) is 17.7. The Morgan fingerprint density at radius 3 is 2.43 bits per heavy atom. The zero-order valence-electron chi connectivity index (χ0n) is 14.5. The summed E-state index contributed by atoms with van der Waals surface area (Å²) in [6.45, 7) is 7.91. The third-order valence-electron chi connectivity index (χ3n) is 4.83. The van der Waals surface area contributed by atoms with Crippen LogP contribution in [-0.2, 0) is 6.42 Å². The van der Waals surface area contributed by atoms with Crippen LogP contribution in [0.1, 0.15) is 32.3 Å². The van der Waals surface area contributed by atoms with E-state index in [1.165, 1.54) is 0 Å². The molecule has 2 rings (SSSR count). The molecule has 0 aliphatic carbocycles. The second kappa shape index (κ2) is 7.79. The summed E-state index contributed by atoms with van der Waals surface area (Å²) in [5.41, 5.74) is 12.8. The molecule has 130 valence electrons. The van der Waals surface area contributed by atoms with E-state index in [9.17, 15) is 5.11 Å². The van der Waals surface area contributed by atoms with E-state index in [2.05, 4.69) is 40.7 Å². The van der Waals surface area contributed by atoms with E-state index in [4.69, 9.17) is 11.5 Å². The number of aliphatic hydroxyl groups excluding tert-OH is 1. The molecule has 1 aliphatic rings. The van der Waals surface area contributed by atoms with Gasteiger partial charge in [0.2, 0.25) is 5.95 Å². The van der Waals surface area contributed by atoms with Gasteiger partial charge in [-0.1, -0.05) is 20.3 Å². The summed E-state index contributed by atoms with van der Waals surface area (Å²) in [6, 6.07) is 0. The number of aromatic nitrogens is 2. The molecule has 5 N–H and O–H groups in total. The predicted octanol–water partition coefficient (Wildman–Crippen LogP) is 0.732. The van der Waals surface area contributed by atoms with Crippen LogP contribution >= 0.6 is 0 Å². The molecule has 7 heteroatoms. The SMILES string of the molecule is CCC(C)C(O)CCc1c(N)nc(N)nc1N1CCN(C)CC1. The molecule has 1 aromatic heterocycles. The molecule has 0 spiro atoms. The number of nitrogens with zero attached hydrogens (tertiary/aromatic N) is 4. The Bertz CT molecular complexity index is 516. The molecule has 1 aliphatic heterocycles. The minimum Gasteiger partial charge on any atom is -0.393 e. The molecule has 0 saturated carbocycles. The highest BCUT2D eigenvalue weighted by atomic mass is 16.3. The fourth-order valence-electron chi connectivity index (χ4n) is 2.87. The van der Waals surface area contributed by atoms with Crippen LogP contribution in [0.15, 0.2) is 0 Å². The number of nitrogens with two attached hydrogens (primary N) is 2. The Labute approximate surface area is 138 Å². The molecule has 0 radical (unpaired) electrons. The van der Waals surface area contributed by atoms with Crippen molar-refractivity contribution in [1.29, 1.82) is 0 Å². The number of piperazine rings is 1. The van der Waals surface area contributed by atoms with Crippen molar-refractivity contribution in [2.24, 2.45) is 5.92 Å². The van der Waals surface area contributed by atoms with Gasteiger partial charge in [-0.15, -0.1) is 0 Å². The van der Waals surface area contributed by atoms with Gasteiger partial charge in [0, 0.05) is 31.7 Å². The average Bonchev–Trinajstić information content (AvgIpc) is 2.53. The average molecular weight is 322 g/mol. The summed E-state index contributed by atoms with van der Waals surface area (Å²) in [7, 11) is 2.11. The standard InChI is InChI=1S/C16H30N6O/c1-4-11(2)13(23)6-5-12-14(17)19-16(18)20-15(12)22-9-7-21(3)8-10-22/h11,13,23H,4-10H2,1-3H3,(H4,17,18,19,20). The predicted molar refractivity (Wildman–Crippen MR) is 94.3 cm³/mol. The minimum atomic E-state index is -0.336. The van der Waals surface area contributed by atoms with E-state index in [-0.39, 0.29) is 18.0 Å². The van der Waals surface area contributed by atoms with Gasteiger partial charge in [0.1, 0.15) is 11.6 Å². The fourth-order valence-corrected chi connectivity index (χ4v) is 2.87. The molecular formula is C16H30N6O. The number of hydrogen-bond acceptors (Lipinski definition) is 7. The second-order valence-corrected chi connectivity index (χ2v) is 6.55. The Hall–Kier alpha value is -1.60. The van der Waals surface area contributed by atoms with Crippen LogP contribution in [-0.4, -0.2) is 59.3 Å². The van der Waals surface area contributed by atoms with Gasteiger partial charge >= 0.3 is 0 Å². The number of anilines is 3. The molecule has 2 heterocycles. The molecule has 0 bridgehead atoms. The van der Waals surface area contributed by atoms with E-state index in [0.29, 0.717) is 18.7 Å². The van der Waals surface area contributed by atoms with Gasteiger partial charge in [-0.05, 0) is 25.8 Å². The lowest BCUT2D eigenvalue weighted by Gasteiger charge is -2.34. The van der Waals surface area contributed by atoms with Crippen molar-refractivity contribution in [3.05, 3.63) is 5.56 Å². The summed E-state index contributed by atoms with van der Waals surface area (Å²) >= 11 is 0. The van der Waals surface area contributed by atoms with Gasteiger partial charge in [0.05, 0.1) is 6.10 Å². The Morgan fingerprint density at radius 1 is 1.17 bits per heavy atom. The number of nitrogen functional groups attached to an aromatic ring is 2. The molecule has 1 aromatic rings. The summed E-state index contributed by atoms with van der Waals surface area (Å²) in [4.78, 5) is 13.1. The lowest BCUT2D eigenvalue weighted by molar-refractivity contribution is 0.106. The molecule has 0 aromatic carbocycles. The molecule has 1 fully saturated rings. The van der Waals surface area contributed by atoms with Crippen molar-refractivity contribution < 1.29 is 5.11 Å².